The zero-order valence-electron chi connectivity index (χ0n) is 12.4. The summed E-state index contributed by atoms with van der Waals surface area (Å²) in [5, 5.41) is 9.13. The van der Waals surface area contributed by atoms with E-state index in [1.165, 1.54) is 0 Å². The number of anilines is 1. The van der Waals surface area contributed by atoms with E-state index in [1.54, 1.807) is 18.0 Å². The summed E-state index contributed by atoms with van der Waals surface area (Å²) in [6, 6.07) is 7.54. The maximum Gasteiger partial charge on any atom is 0.168 e. The SMILES string of the molecule is COCCNc1nc(C)nc2c1cnn2-c1ccccc1Cl. The maximum absolute atomic E-state index is 6.26. The molecule has 1 N–H and O–H groups in total. The predicted octanol–water partition coefficient (Wildman–Crippen LogP) is 2.84. The van der Waals surface area contributed by atoms with Crippen molar-refractivity contribution in [3.8, 4) is 5.69 Å². The third-order valence-electron chi connectivity index (χ3n) is 3.22. The van der Waals surface area contributed by atoms with E-state index in [0.717, 1.165) is 22.5 Å². The summed E-state index contributed by atoms with van der Waals surface area (Å²) in [6.45, 7) is 3.12. The minimum atomic E-state index is 0.600. The fraction of sp³-hybridized carbons (Fsp3) is 0.267. The molecular formula is C15H16ClN5O. The summed E-state index contributed by atoms with van der Waals surface area (Å²) in [6.07, 6.45) is 1.74. The number of aryl methyl sites for hydroxylation is 1. The van der Waals surface area contributed by atoms with Gasteiger partial charge in [-0.15, -0.1) is 0 Å². The van der Waals surface area contributed by atoms with E-state index in [-0.39, 0.29) is 0 Å². The molecule has 0 aliphatic rings. The van der Waals surface area contributed by atoms with Gasteiger partial charge in [-0.25, -0.2) is 14.6 Å². The Morgan fingerprint density at radius 2 is 2.09 bits per heavy atom. The molecule has 0 saturated heterocycles. The van der Waals surface area contributed by atoms with Crippen molar-refractivity contribution in [3.63, 3.8) is 0 Å². The summed E-state index contributed by atoms with van der Waals surface area (Å²) >= 11 is 6.26. The van der Waals surface area contributed by atoms with Gasteiger partial charge in [0.25, 0.3) is 0 Å². The smallest absolute Gasteiger partial charge is 0.168 e. The first-order chi connectivity index (χ1) is 10.7. The van der Waals surface area contributed by atoms with Crippen molar-refractivity contribution < 1.29 is 4.74 Å². The standard InChI is InChI=1S/C15H16ClN5O/c1-10-19-14(17-7-8-22-2)11-9-18-21(15(11)20-10)13-6-4-3-5-12(13)16/h3-6,9H,7-8H2,1-2H3,(H,17,19,20). The van der Waals surface area contributed by atoms with E-state index in [1.807, 2.05) is 31.2 Å². The molecule has 6 nitrogen and oxygen atoms in total. The number of nitrogens with zero attached hydrogens (tertiary/aromatic N) is 4. The number of methoxy groups -OCH3 is 1. The highest BCUT2D eigenvalue weighted by Gasteiger charge is 2.14. The molecule has 0 atom stereocenters. The molecule has 3 rings (SSSR count). The van der Waals surface area contributed by atoms with Gasteiger partial charge in [0, 0.05) is 13.7 Å². The second kappa shape index (κ2) is 6.29. The van der Waals surface area contributed by atoms with E-state index in [2.05, 4.69) is 20.4 Å². The molecule has 0 spiro atoms. The normalized spacial score (nSPS) is 11.0. The molecule has 22 heavy (non-hydrogen) atoms. The average molecular weight is 318 g/mol. The van der Waals surface area contributed by atoms with Crippen molar-refractivity contribution in [1.82, 2.24) is 19.7 Å². The average Bonchev–Trinajstić information content (AvgIpc) is 2.91. The van der Waals surface area contributed by atoms with E-state index in [4.69, 9.17) is 16.3 Å². The Balaban J connectivity index is 2.09. The van der Waals surface area contributed by atoms with Crippen molar-refractivity contribution in [2.24, 2.45) is 0 Å². The van der Waals surface area contributed by atoms with Crippen LogP contribution < -0.4 is 5.32 Å². The third kappa shape index (κ3) is 2.75. The largest absolute Gasteiger partial charge is 0.383 e. The summed E-state index contributed by atoms with van der Waals surface area (Å²) in [4.78, 5) is 8.94. The molecule has 2 aromatic heterocycles. The zero-order chi connectivity index (χ0) is 15.5. The van der Waals surface area contributed by atoms with Gasteiger partial charge in [-0.2, -0.15) is 5.10 Å². The van der Waals surface area contributed by atoms with E-state index < -0.39 is 0 Å². The summed E-state index contributed by atoms with van der Waals surface area (Å²) in [5.74, 6) is 1.42. The lowest BCUT2D eigenvalue weighted by Gasteiger charge is -2.08. The molecule has 0 amide bonds. The van der Waals surface area contributed by atoms with E-state index >= 15 is 0 Å². The van der Waals surface area contributed by atoms with Crippen molar-refractivity contribution >= 4 is 28.5 Å². The Morgan fingerprint density at radius 1 is 1.27 bits per heavy atom. The fourth-order valence-electron chi connectivity index (χ4n) is 2.22. The number of aromatic nitrogens is 4. The lowest BCUT2D eigenvalue weighted by atomic mass is 10.3. The first-order valence-electron chi connectivity index (χ1n) is 6.91. The number of para-hydroxylation sites is 1. The van der Waals surface area contributed by atoms with Crippen LogP contribution in [-0.4, -0.2) is 40.0 Å². The highest BCUT2D eigenvalue weighted by molar-refractivity contribution is 6.32. The number of hydrogen-bond acceptors (Lipinski definition) is 5. The van der Waals surface area contributed by atoms with Crippen LogP contribution >= 0.6 is 11.6 Å². The third-order valence-corrected chi connectivity index (χ3v) is 3.54. The molecule has 7 heteroatoms. The van der Waals surface area contributed by atoms with Gasteiger partial charge in [-0.3, -0.25) is 0 Å². The van der Waals surface area contributed by atoms with Gasteiger partial charge in [-0.1, -0.05) is 23.7 Å². The first kappa shape index (κ1) is 14.7. The summed E-state index contributed by atoms with van der Waals surface area (Å²) < 4.78 is 6.78. The Kier molecular flexibility index (Phi) is 4.22. The Hall–Kier alpha value is -2.18. The molecule has 3 aromatic rings. The van der Waals surface area contributed by atoms with Gasteiger partial charge in [0.15, 0.2) is 5.65 Å². The monoisotopic (exact) mass is 317 g/mol. The summed E-state index contributed by atoms with van der Waals surface area (Å²) in [5.41, 5.74) is 1.51. The highest BCUT2D eigenvalue weighted by atomic mass is 35.5. The number of halogens is 1. The number of benzene rings is 1. The maximum atomic E-state index is 6.26. The van der Waals surface area contributed by atoms with Gasteiger partial charge in [0.05, 0.1) is 28.9 Å². The van der Waals surface area contributed by atoms with E-state index in [9.17, 15) is 0 Å². The Morgan fingerprint density at radius 3 is 2.86 bits per heavy atom. The number of ether oxygens (including phenoxy) is 1. The van der Waals surface area contributed by atoms with E-state index in [0.29, 0.717) is 24.0 Å². The van der Waals surface area contributed by atoms with Crippen LogP contribution in [0.15, 0.2) is 30.5 Å². The van der Waals surface area contributed by atoms with Crippen LogP contribution in [0.2, 0.25) is 5.02 Å². The molecule has 2 heterocycles. The minimum Gasteiger partial charge on any atom is -0.383 e. The van der Waals surface area contributed by atoms with Crippen LogP contribution in [0, 0.1) is 6.92 Å². The second-order valence-electron chi connectivity index (χ2n) is 4.78. The molecule has 0 bridgehead atoms. The van der Waals surface area contributed by atoms with Gasteiger partial charge in [0.1, 0.15) is 11.6 Å². The first-order valence-corrected chi connectivity index (χ1v) is 7.28. The molecular weight excluding hydrogens is 302 g/mol. The van der Waals surface area contributed by atoms with Gasteiger partial charge < -0.3 is 10.1 Å². The van der Waals surface area contributed by atoms with Crippen LogP contribution in [0.25, 0.3) is 16.7 Å². The highest BCUT2D eigenvalue weighted by Crippen LogP contribution is 2.26. The number of fused-ring (bicyclic) bond motifs is 1. The number of rotatable bonds is 5. The van der Waals surface area contributed by atoms with Crippen LogP contribution in [-0.2, 0) is 4.74 Å². The topological polar surface area (TPSA) is 64.9 Å². The van der Waals surface area contributed by atoms with Crippen molar-refractivity contribution in [2.75, 3.05) is 25.6 Å². The minimum absolute atomic E-state index is 0.600. The molecule has 0 fully saturated rings. The molecule has 0 aliphatic heterocycles. The lowest BCUT2D eigenvalue weighted by Crippen LogP contribution is -2.10. The molecule has 0 unspecified atom stereocenters. The van der Waals surface area contributed by atoms with Crippen molar-refractivity contribution in [2.45, 2.75) is 6.92 Å². The van der Waals surface area contributed by atoms with Crippen LogP contribution in [0.3, 0.4) is 0 Å². The van der Waals surface area contributed by atoms with Gasteiger partial charge in [-0.05, 0) is 19.1 Å². The van der Waals surface area contributed by atoms with Crippen molar-refractivity contribution in [1.29, 1.82) is 0 Å². The molecule has 0 saturated carbocycles. The Labute approximate surface area is 133 Å². The molecule has 0 aliphatic carbocycles. The molecule has 114 valence electrons. The number of nitrogens with one attached hydrogen (secondary N) is 1. The summed E-state index contributed by atoms with van der Waals surface area (Å²) in [7, 11) is 1.66. The second-order valence-corrected chi connectivity index (χ2v) is 5.19. The Bertz CT molecular complexity index is 802. The van der Waals surface area contributed by atoms with Crippen LogP contribution in [0.5, 0.6) is 0 Å². The van der Waals surface area contributed by atoms with Gasteiger partial charge >= 0.3 is 0 Å². The van der Waals surface area contributed by atoms with Crippen LogP contribution in [0.1, 0.15) is 5.82 Å². The zero-order valence-corrected chi connectivity index (χ0v) is 13.1. The molecule has 1 aromatic carbocycles. The lowest BCUT2D eigenvalue weighted by molar-refractivity contribution is 0.210. The fourth-order valence-corrected chi connectivity index (χ4v) is 2.44. The number of hydrogen-bond donors (Lipinski definition) is 1. The van der Waals surface area contributed by atoms with Crippen LogP contribution in [0.4, 0.5) is 5.82 Å². The van der Waals surface area contributed by atoms with Gasteiger partial charge in [0.2, 0.25) is 0 Å². The van der Waals surface area contributed by atoms with Crippen molar-refractivity contribution in [3.05, 3.63) is 41.3 Å². The molecule has 0 radical (unpaired) electrons. The quantitative estimate of drug-likeness (QED) is 0.733. The predicted molar refractivity (Wildman–Crippen MR) is 86.8 cm³/mol.